The van der Waals surface area contributed by atoms with E-state index < -0.39 is 6.04 Å². The van der Waals surface area contributed by atoms with Gasteiger partial charge in [0.1, 0.15) is 11.8 Å². The summed E-state index contributed by atoms with van der Waals surface area (Å²) in [5.74, 6) is 0.305. The van der Waals surface area contributed by atoms with Crippen molar-refractivity contribution in [3.63, 3.8) is 0 Å². The van der Waals surface area contributed by atoms with Gasteiger partial charge in [-0.2, -0.15) is 0 Å². The molecule has 2 aromatic rings. The van der Waals surface area contributed by atoms with Gasteiger partial charge in [0.2, 0.25) is 5.91 Å². The monoisotopic (exact) mass is 385 g/mol. The Balaban J connectivity index is 1.79. The summed E-state index contributed by atoms with van der Waals surface area (Å²) in [5.41, 5.74) is 8.56. The molecule has 0 bridgehead atoms. The van der Waals surface area contributed by atoms with E-state index in [1.54, 1.807) is 42.3 Å². The molecule has 6 nitrogen and oxygen atoms in total. The molecule has 1 fully saturated rings. The van der Waals surface area contributed by atoms with Crippen molar-refractivity contribution >= 4 is 29.1 Å². The van der Waals surface area contributed by atoms with Gasteiger partial charge in [0.25, 0.3) is 5.91 Å². The molecule has 140 valence electrons. The summed E-state index contributed by atoms with van der Waals surface area (Å²) in [7, 11) is 1.59. The lowest BCUT2D eigenvalue weighted by atomic mass is 9.96. The first-order valence-electron chi connectivity index (χ1n) is 8.83. The van der Waals surface area contributed by atoms with Crippen LogP contribution < -0.4 is 15.8 Å². The molecule has 2 aliphatic heterocycles. The van der Waals surface area contributed by atoms with Crippen molar-refractivity contribution in [2.24, 2.45) is 5.73 Å². The third-order valence-electron chi connectivity index (χ3n) is 5.19. The minimum atomic E-state index is -0.530. The molecule has 3 N–H and O–H groups in total. The minimum Gasteiger partial charge on any atom is -0.496 e. The van der Waals surface area contributed by atoms with Crippen molar-refractivity contribution < 1.29 is 14.3 Å². The van der Waals surface area contributed by atoms with Gasteiger partial charge in [0.15, 0.2) is 0 Å². The van der Waals surface area contributed by atoms with E-state index in [4.69, 9.17) is 22.1 Å². The molecule has 7 heteroatoms. The molecule has 2 aliphatic rings. The van der Waals surface area contributed by atoms with Gasteiger partial charge in [-0.1, -0.05) is 17.7 Å². The number of nitrogens with two attached hydrogens (primary N) is 1. The van der Waals surface area contributed by atoms with Crippen LogP contribution in [0.3, 0.4) is 0 Å². The number of nitrogens with one attached hydrogen (secondary N) is 1. The zero-order valence-electron chi connectivity index (χ0n) is 14.9. The van der Waals surface area contributed by atoms with Gasteiger partial charge in [-0.15, -0.1) is 0 Å². The van der Waals surface area contributed by atoms with Crippen LogP contribution in [0.15, 0.2) is 36.4 Å². The van der Waals surface area contributed by atoms with E-state index >= 15 is 0 Å². The highest BCUT2D eigenvalue weighted by molar-refractivity contribution is 6.31. The lowest BCUT2D eigenvalue weighted by molar-refractivity contribution is -0.121. The normalized spacial score (nSPS) is 21.8. The number of fused-ring (bicyclic) bond motifs is 2. The van der Waals surface area contributed by atoms with E-state index in [1.807, 2.05) is 6.07 Å². The number of hydrogen-bond acceptors (Lipinski definition) is 4. The number of carbonyl (C=O) groups excluding carboxylic acids is 2. The van der Waals surface area contributed by atoms with Crippen molar-refractivity contribution in [3.05, 3.63) is 47.0 Å². The lowest BCUT2D eigenvalue weighted by Gasteiger charge is -2.35. The van der Waals surface area contributed by atoms with E-state index in [0.29, 0.717) is 41.4 Å². The van der Waals surface area contributed by atoms with Gasteiger partial charge in [-0.05, 0) is 48.7 Å². The fourth-order valence-electron chi connectivity index (χ4n) is 3.76. The van der Waals surface area contributed by atoms with Crippen LogP contribution in [0.4, 0.5) is 5.69 Å². The Morgan fingerprint density at radius 1 is 1.19 bits per heavy atom. The van der Waals surface area contributed by atoms with E-state index in [1.165, 1.54) is 0 Å². The van der Waals surface area contributed by atoms with Crippen LogP contribution in [-0.4, -0.2) is 42.5 Å². The van der Waals surface area contributed by atoms with Gasteiger partial charge in [0.05, 0.1) is 18.4 Å². The minimum absolute atomic E-state index is 0.0719. The largest absolute Gasteiger partial charge is 0.496 e. The fourth-order valence-corrected chi connectivity index (χ4v) is 3.93. The highest BCUT2D eigenvalue weighted by Gasteiger charge is 2.39. The Labute approximate surface area is 162 Å². The van der Waals surface area contributed by atoms with Crippen LogP contribution in [0, 0.1) is 0 Å². The zero-order chi connectivity index (χ0) is 19.1. The summed E-state index contributed by atoms with van der Waals surface area (Å²) in [6, 6.07) is 10.1. The number of methoxy groups -OCH3 is 1. The predicted molar refractivity (Wildman–Crippen MR) is 104 cm³/mol. The number of anilines is 1. The van der Waals surface area contributed by atoms with Crippen LogP contribution in [0.2, 0.25) is 5.02 Å². The fraction of sp³-hybridized carbons (Fsp3) is 0.300. The Hall–Kier alpha value is -2.57. The number of nitrogens with zero attached hydrogens (tertiary/aromatic N) is 1. The molecule has 2 heterocycles. The molecule has 0 radical (unpaired) electrons. The van der Waals surface area contributed by atoms with Gasteiger partial charge < -0.3 is 20.7 Å². The SMILES string of the molecule is COc1ccc(Cl)cc1-c1ccc2c(c1)C(=O)N1CC[C@H](N)C[C@H]1C(=O)N2. The van der Waals surface area contributed by atoms with E-state index in [0.717, 1.165) is 11.1 Å². The van der Waals surface area contributed by atoms with Crippen LogP contribution in [0.1, 0.15) is 23.2 Å². The Morgan fingerprint density at radius 2 is 2.00 bits per heavy atom. The van der Waals surface area contributed by atoms with Crippen molar-refractivity contribution in [1.82, 2.24) is 4.90 Å². The summed E-state index contributed by atoms with van der Waals surface area (Å²) >= 11 is 6.15. The first-order valence-corrected chi connectivity index (χ1v) is 9.21. The maximum atomic E-state index is 13.2. The number of ether oxygens (including phenoxy) is 1. The average Bonchev–Trinajstić information content (AvgIpc) is 2.76. The summed E-state index contributed by atoms with van der Waals surface area (Å²) in [6.45, 7) is 0.474. The second-order valence-corrected chi connectivity index (χ2v) is 7.33. The molecular formula is C20H20ClN3O3. The second-order valence-electron chi connectivity index (χ2n) is 6.89. The van der Waals surface area contributed by atoms with Crippen molar-refractivity contribution in [2.45, 2.75) is 24.9 Å². The molecule has 2 amide bonds. The molecule has 0 aromatic heterocycles. The maximum Gasteiger partial charge on any atom is 0.256 e. The smallest absolute Gasteiger partial charge is 0.256 e. The van der Waals surface area contributed by atoms with Crippen molar-refractivity contribution in [3.8, 4) is 16.9 Å². The van der Waals surface area contributed by atoms with Gasteiger partial charge in [-0.25, -0.2) is 0 Å². The predicted octanol–water partition coefficient (Wildman–Crippen LogP) is 2.90. The standard InChI is InChI=1S/C20H20ClN3O3/c1-27-18-5-3-12(21)9-14(18)11-2-4-16-15(8-11)20(26)24-7-6-13(22)10-17(24)19(25)23-16/h2-5,8-9,13,17H,6-7,10,22H2,1H3,(H,23,25)/t13-,17-/m0/s1. The van der Waals surface area contributed by atoms with Crippen LogP contribution in [0.5, 0.6) is 5.75 Å². The molecular weight excluding hydrogens is 366 g/mol. The number of benzene rings is 2. The maximum absolute atomic E-state index is 13.2. The van der Waals surface area contributed by atoms with Crippen molar-refractivity contribution in [1.29, 1.82) is 0 Å². The molecule has 2 aromatic carbocycles. The van der Waals surface area contributed by atoms with E-state index in [-0.39, 0.29) is 17.9 Å². The van der Waals surface area contributed by atoms with Gasteiger partial charge >= 0.3 is 0 Å². The summed E-state index contributed by atoms with van der Waals surface area (Å²) in [5, 5.41) is 3.45. The topological polar surface area (TPSA) is 84.7 Å². The van der Waals surface area contributed by atoms with E-state index in [9.17, 15) is 9.59 Å². The zero-order valence-corrected chi connectivity index (χ0v) is 15.6. The van der Waals surface area contributed by atoms with Crippen molar-refractivity contribution in [2.75, 3.05) is 19.0 Å². The van der Waals surface area contributed by atoms with Crippen LogP contribution >= 0.6 is 11.6 Å². The highest BCUT2D eigenvalue weighted by Crippen LogP contribution is 2.36. The third kappa shape index (κ3) is 3.15. The first-order chi connectivity index (χ1) is 13.0. The summed E-state index contributed by atoms with van der Waals surface area (Å²) in [4.78, 5) is 27.4. The second kappa shape index (κ2) is 6.87. The molecule has 2 atom stereocenters. The van der Waals surface area contributed by atoms with Crippen LogP contribution in [-0.2, 0) is 4.79 Å². The number of halogens is 1. The quantitative estimate of drug-likeness (QED) is 0.832. The van der Waals surface area contributed by atoms with Gasteiger partial charge in [-0.3, -0.25) is 9.59 Å². The number of rotatable bonds is 2. The molecule has 0 aliphatic carbocycles. The number of amides is 2. The number of carbonyl (C=O) groups is 2. The molecule has 1 saturated heterocycles. The summed E-state index contributed by atoms with van der Waals surface area (Å²) < 4.78 is 5.43. The highest BCUT2D eigenvalue weighted by atomic mass is 35.5. The molecule has 4 rings (SSSR count). The molecule has 0 saturated carbocycles. The summed E-state index contributed by atoms with van der Waals surface area (Å²) in [6.07, 6.45) is 1.16. The van der Waals surface area contributed by atoms with Gasteiger partial charge in [0, 0.05) is 23.2 Å². The van der Waals surface area contributed by atoms with Crippen LogP contribution in [0.25, 0.3) is 11.1 Å². The van der Waals surface area contributed by atoms with E-state index in [2.05, 4.69) is 5.32 Å². The number of piperidine rings is 1. The third-order valence-corrected chi connectivity index (χ3v) is 5.42. The molecule has 0 spiro atoms. The Bertz CT molecular complexity index is 931. The Kier molecular flexibility index (Phi) is 4.53. The molecule has 0 unspecified atom stereocenters. The Morgan fingerprint density at radius 3 is 2.78 bits per heavy atom. The average molecular weight is 386 g/mol. The number of hydrogen-bond donors (Lipinski definition) is 2. The lowest BCUT2D eigenvalue weighted by Crippen LogP contribution is -2.53. The first kappa shape index (κ1) is 17.8. The molecule has 27 heavy (non-hydrogen) atoms.